The van der Waals surface area contributed by atoms with E-state index in [9.17, 15) is 13.2 Å². The number of ether oxygens (including phenoxy) is 1. The van der Waals surface area contributed by atoms with E-state index in [0.717, 1.165) is 16.9 Å². The highest BCUT2D eigenvalue weighted by molar-refractivity contribution is 7.92. The second kappa shape index (κ2) is 9.39. The van der Waals surface area contributed by atoms with Crippen LogP contribution in [-0.2, 0) is 10.0 Å². The van der Waals surface area contributed by atoms with E-state index in [-0.39, 0.29) is 16.1 Å². The Morgan fingerprint density at radius 2 is 1.76 bits per heavy atom. The number of nitrogens with zero attached hydrogens (tertiary/aromatic N) is 2. The maximum Gasteiger partial charge on any atom is 0.261 e. The summed E-state index contributed by atoms with van der Waals surface area (Å²) in [5.41, 5.74) is 2.72. The number of nitrogens with one attached hydrogen (secondary N) is 2. The number of aromatic nitrogens is 2. The van der Waals surface area contributed by atoms with Gasteiger partial charge in [-0.2, -0.15) is 0 Å². The predicted molar refractivity (Wildman–Crippen MR) is 128 cm³/mol. The molecule has 168 valence electrons. The van der Waals surface area contributed by atoms with Gasteiger partial charge < -0.3 is 4.74 Å². The third-order valence-corrected chi connectivity index (χ3v) is 6.89. The molecule has 8 nitrogen and oxygen atoms in total. The van der Waals surface area contributed by atoms with Crippen molar-refractivity contribution in [3.05, 3.63) is 83.5 Å². The smallest absolute Gasteiger partial charge is 0.261 e. The first kappa shape index (κ1) is 22.4. The average Bonchev–Trinajstić information content (AvgIpc) is 3.28. The van der Waals surface area contributed by atoms with Gasteiger partial charge in [0.15, 0.2) is 5.13 Å². The van der Waals surface area contributed by atoms with E-state index in [1.165, 1.54) is 41.9 Å². The maximum absolute atomic E-state index is 12.9. The molecule has 0 aliphatic heterocycles. The van der Waals surface area contributed by atoms with Crippen LogP contribution in [0, 0.1) is 6.92 Å². The number of hydrogen-bond acceptors (Lipinski definition) is 7. The second-order valence-electron chi connectivity index (χ2n) is 7.06. The third-order valence-electron chi connectivity index (χ3n) is 4.75. The molecule has 2 aromatic carbocycles. The van der Waals surface area contributed by atoms with E-state index >= 15 is 0 Å². The number of amides is 1. The zero-order valence-corrected chi connectivity index (χ0v) is 19.4. The lowest BCUT2D eigenvalue weighted by Gasteiger charge is -2.12. The van der Waals surface area contributed by atoms with Crippen molar-refractivity contribution in [1.29, 1.82) is 0 Å². The van der Waals surface area contributed by atoms with Gasteiger partial charge in [0.05, 0.1) is 35.1 Å². The van der Waals surface area contributed by atoms with Crippen molar-refractivity contribution in [3.63, 3.8) is 0 Å². The lowest BCUT2D eigenvalue weighted by Crippen LogP contribution is -2.19. The number of benzene rings is 2. The Balaban J connectivity index is 1.53. The summed E-state index contributed by atoms with van der Waals surface area (Å²) in [5.74, 6) is 0.232. The van der Waals surface area contributed by atoms with Gasteiger partial charge in [0, 0.05) is 17.1 Å². The van der Waals surface area contributed by atoms with Crippen molar-refractivity contribution in [2.45, 2.75) is 11.8 Å². The Kier molecular flexibility index (Phi) is 6.38. The summed E-state index contributed by atoms with van der Waals surface area (Å²) in [7, 11) is -2.29. The summed E-state index contributed by atoms with van der Waals surface area (Å²) in [5, 5.41) is 4.93. The Bertz CT molecular complexity index is 1380. The molecule has 2 N–H and O–H groups in total. The number of carbonyl (C=O) groups excluding carboxylic acids is 1. The highest BCUT2D eigenvalue weighted by Crippen LogP contribution is 2.27. The number of rotatable bonds is 7. The number of pyridine rings is 1. The number of aryl methyl sites for hydroxylation is 1. The molecular weight excluding hydrogens is 460 g/mol. The first-order chi connectivity index (χ1) is 15.9. The fraction of sp³-hybridized carbons (Fsp3) is 0.0870. The normalized spacial score (nSPS) is 11.1. The maximum atomic E-state index is 12.9. The van der Waals surface area contributed by atoms with Crippen LogP contribution in [0.15, 0.2) is 77.3 Å². The standard InChI is InChI=1S/C23H20N4O4S2/c1-15-3-9-18(10-4-15)33(29,30)27-20-13-24-12-11-19(20)22(28)26-23-25-21(14-32-23)16-5-7-17(31-2)8-6-16/h3-14,27H,1-2H3,(H,25,26,28). The number of sulfonamides is 1. The van der Waals surface area contributed by atoms with Gasteiger partial charge in [0.2, 0.25) is 0 Å². The highest BCUT2D eigenvalue weighted by Gasteiger charge is 2.20. The molecule has 0 saturated carbocycles. The van der Waals surface area contributed by atoms with Gasteiger partial charge in [-0.3, -0.25) is 19.8 Å². The lowest BCUT2D eigenvalue weighted by atomic mass is 10.2. The van der Waals surface area contributed by atoms with E-state index in [4.69, 9.17) is 4.74 Å². The molecule has 0 saturated heterocycles. The van der Waals surface area contributed by atoms with Crippen molar-refractivity contribution in [3.8, 4) is 17.0 Å². The zero-order chi connectivity index (χ0) is 23.4. The van der Waals surface area contributed by atoms with Crippen molar-refractivity contribution in [2.75, 3.05) is 17.1 Å². The second-order valence-corrected chi connectivity index (χ2v) is 9.60. The van der Waals surface area contributed by atoms with Gasteiger partial charge in [-0.15, -0.1) is 11.3 Å². The first-order valence-corrected chi connectivity index (χ1v) is 12.2. The van der Waals surface area contributed by atoms with Crippen molar-refractivity contribution >= 4 is 38.1 Å². The first-order valence-electron chi connectivity index (χ1n) is 9.80. The number of anilines is 2. The molecular formula is C23H20N4O4S2. The summed E-state index contributed by atoms with van der Waals surface area (Å²) >= 11 is 1.27. The number of hydrogen-bond donors (Lipinski definition) is 2. The molecule has 2 aromatic heterocycles. The quantitative estimate of drug-likeness (QED) is 0.401. The molecule has 0 atom stereocenters. The summed E-state index contributed by atoms with van der Waals surface area (Å²) in [4.78, 5) is 21.4. The van der Waals surface area contributed by atoms with E-state index in [0.29, 0.717) is 10.8 Å². The minimum atomic E-state index is -3.89. The van der Waals surface area contributed by atoms with Crippen LogP contribution in [0.1, 0.15) is 15.9 Å². The van der Waals surface area contributed by atoms with E-state index in [1.807, 2.05) is 36.6 Å². The number of methoxy groups -OCH3 is 1. The lowest BCUT2D eigenvalue weighted by molar-refractivity contribution is 0.102. The summed E-state index contributed by atoms with van der Waals surface area (Å²) in [6, 6.07) is 15.3. The Labute approximate surface area is 195 Å². The average molecular weight is 481 g/mol. The van der Waals surface area contributed by atoms with Crippen LogP contribution < -0.4 is 14.8 Å². The topological polar surface area (TPSA) is 110 Å². The number of thiazole rings is 1. The molecule has 4 rings (SSSR count). The molecule has 0 fully saturated rings. The molecule has 2 heterocycles. The molecule has 0 unspecified atom stereocenters. The third kappa shape index (κ3) is 5.18. The predicted octanol–water partition coefficient (Wildman–Crippen LogP) is 4.58. The SMILES string of the molecule is COc1ccc(-c2csc(NC(=O)c3ccncc3NS(=O)(=O)c3ccc(C)cc3)n2)cc1. The molecule has 0 radical (unpaired) electrons. The summed E-state index contributed by atoms with van der Waals surface area (Å²) in [6.45, 7) is 1.87. The van der Waals surface area contributed by atoms with Gasteiger partial charge in [-0.1, -0.05) is 17.7 Å². The molecule has 4 aromatic rings. The Morgan fingerprint density at radius 3 is 2.45 bits per heavy atom. The highest BCUT2D eigenvalue weighted by atomic mass is 32.2. The van der Waals surface area contributed by atoms with Crippen LogP contribution in [0.25, 0.3) is 11.3 Å². The molecule has 0 aliphatic carbocycles. The van der Waals surface area contributed by atoms with Crippen LogP contribution in [-0.4, -0.2) is 31.4 Å². The van der Waals surface area contributed by atoms with Gasteiger partial charge >= 0.3 is 0 Å². The van der Waals surface area contributed by atoms with Crippen LogP contribution in [0.4, 0.5) is 10.8 Å². The fourth-order valence-electron chi connectivity index (χ4n) is 2.98. The Hall–Kier alpha value is -3.76. The van der Waals surface area contributed by atoms with Crippen molar-refractivity contribution < 1.29 is 17.9 Å². The fourth-order valence-corrected chi connectivity index (χ4v) is 4.76. The summed E-state index contributed by atoms with van der Waals surface area (Å²) in [6.07, 6.45) is 2.72. The van der Waals surface area contributed by atoms with Gasteiger partial charge in [-0.05, 0) is 49.4 Å². The number of carbonyl (C=O) groups is 1. The van der Waals surface area contributed by atoms with Crippen LogP contribution in [0.3, 0.4) is 0 Å². The molecule has 33 heavy (non-hydrogen) atoms. The van der Waals surface area contributed by atoms with Gasteiger partial charge in [0.1, 0.15) is 5.75 Å². The van der Waals surface area contributed by atoms with E-state index in [1.54, 1.807) is 19.2 Å². The van der Waals surface area contributed by atoms with Gasteiger partial charge in [-0.25, -0.2) is 13.4 Å². The zero-order valence-electron chi connectivity index (χ0n) is 17.8. The Morgan fingerprint density at radius 1 is 1.03 bits per heavy atom. The van der Waals surface area contributed by atoms with Crippen LogP contribution in [0.2, 0.25) is 0 Å². The minimum absolute atomic E-state index is 0.0718. The van der Waals surface area contributed by atoms with E-state index in [2.05, 4.69) is 20.0 Å². The largest absolute Gasteiger partial charge is 0.497 e. The van der Waals surface area contributed by atoms with Crippen LogP contribution >= 0.6 is 11.3 Å². The van der Waals surface area contributed by atoms with Crippen molar-refractivity contribution in [1.82, 2.24) is 9.97 Å². The minimum Gasteiger partial charge on any atom is -0.497 e. The molecule has 1 amide bonds. The molecule has 0 bridgehead atoms. The monoisotopic (exact) mass is 480 g/mol. The molecule has 10 heteroatoms. The van der Waals surface area contributed by atoms with Crippen LogP contribution in [0.5, 0.6) is 5.75 Å². The summed E-state index contributed by atoms with van der Waals surface area (Å²) < 4.78 is 33.1. The molecule has 0 spiro atoms. The van der Waals surface area contributed by atoms with Crippen molar-refractivity contribution in [2.24, 2.45) is 0 Å². The van der Waals surface area contributed by atoms with Gasteiger partial charge in [0.25, 0.3) is 15.9 Å². The molecule has 0 aliphatic rings. The van der Waals surface area contributed by atoms with E-state index < -0.39 is 15.9 Å².